The van der Waals surface area contributed by atoms with Gasteiger partial charge in [0.05, 0.1) is 5.69 Å². The van der Waals surface area contributed by atoms with Crippen LogP contribution < -0.4 is 5.73 Å². The van der Waals surface area contributed by atoms with Gasteiger partial charge >= 0.3 is 0 Å². The lowest BCUT2D eigenvalue weighted by molar-refractivity contribution is 0.0633. The summed E-state index contributed by atoms with van der Waals surface area (Å²) >= 11 is 4.96. The van der Waals surface area contributed by atoms with Crippen molar-refractivity contribution in [1.82, 2.24) is 4.90 Å². The lowest BCUT2D eigenvalue weighted by Gasteiger charge is -2.35. The number of carbonyl (C=O) groups excluding carboxylic acids is 1. The lowest BCUT2D eigenvalue weighted by atomic mass is 9.88. The Morgan fingerprint density at radius 3 is 2.86 bits per heavy atom. The van der Waals surface area contributed by atoms with Gasteiger partial charge in [-0.3, -0.25) is 4.79 Å². The van der Waals surface area contributed by atoms with E-state index in [0.29, 0.717) is 22.4 Å². The molecule has 3 rings (SSSR count). The topological polar surface area (TPSA) is 46.3 Å². The first-order valence-electron chi connectivity index (χ1n) is 7.24. The second-order valence-electron chi connectivity index (χ2n) is 5.98. The summed E-state index contributed by atoms with van der Waals surface area (Å²) in [5.41, 5.74) is 6.83. The van der Waals surface area contributed by atoms with Crippen LogP contribution >= 0.6 is 27.3 Å². The zero-order valence-corrected chi connectivity index (χ0v) is 14.6. The smallest absolute Gasteiger partial charge is 0.266 e. The molecular weight excluding hydrogens is 348 g/mol. The molecule has 2 atom stereocenters. The minimum Gasteiger partial charge on any atom is -0.397 e. The molecule has 1 aromatic heterocycles. The summed E-state index contributed by atoms with van der Waals surface area (Å²) in [6.45, 7) is 6.15. The highest BCUT2D eigenvalue weighted by Gasteiger charge is 2.28. The van der Waals surface area contributed by atoms with Gasteiger partial charge in [0.1, 0.15) is 4.88 Å². The van der Waals surface area contributed by atoms with Crippen molar-refractivity contribution in [1.29, 1.82) is 0 Å². The summed E-state index contributed by atoms with van der Waals surface area (Å²) in [6, 6.07) is 5.96. The van der Waals surface area contributed by atoms with Gasteiger partial charge in [0.25, 0.3) is 5.91 Å². The normalized spacial score (nSPS) is 22.7. The number of benzene rings is 1. The predicted octanol–water partition coefficient (Wildman–Crippen LogP) is 4.36. The fraction of sp³-hybridized carbons (Fsp3) is 0.438. The van der Waals surface area contributed by atoms with Crippen LogP contribution in [0.1, 0.15) is 29.9 Å². The van der Waals surface area contributed by atoms with E-state index in [9.17, 15) is 4.79 Å². The first-order valence-corrected chi connectivity index (χ1v) is 8.85. The Morgan fingerprint density at radius 2 is 2.14 bits per heavy atom. The van der Waals surface area contributed by atoms with E-state index in [1.807, 2.05) is 23.1 Å². The van der Waals surface area contributed by atoms with Crippen molar-refractivity contribution in [2.75, 3.05) is 18.8 Å². The van der Waals surface area contributed by atoms with Crippen LogP contribution in [0.25, 0.3) is 10.1 Å². The lowest BCUT2D eigenvalue weighted by Crippen LogP contribution is -2.42. The van der Waals surface area contributed by atoms with Gasteiger partial charge in [-0.1, -0.05) is 35.8 Å². The Bertz CT molecular complexity index is 697. The first-order chi connectivity index (χ1) is 9.97. The van der Waals surface area contributed by atoms with E-state index in [0.717, 1.165) is 34.1 Å². The molecule has 0 saturated carbocycles. The number of nitrogens with two attached hydrogens (primary N) is 1. The number of halogens is 1. The van der Waals surface area contributed by atoms with Gasteiger partial charge in [-0.15, -0.1) is 11.3 Å². The quantitative estimate of drug-likeness (QED) is 0.814. The summed E-state index contributed by atoms with van der Waals surface area (Å²) in [7, 11) is 0. The molecule has 1 fully saturated rings. The number of piperidine rings is 1. The molecule has 5 heteroatoms. The molecule has 3 nitrogen and oxygen atoms in total. The highest BCUT2D eigenvalue weighted by atomic mass is 79.9. The Morgan fingerprint density at radius 1 is 1.38 bits per heavy atom. The molecular formula is C16H19BrN2OS. The molecule has 2 aromatic rings. The summed E-state index contributed by atoms with van der Waals surface area (Å²) in [4.78, 5) is 15.4. The van der Waals surface area contributed by atoms with E-state index in [-0.39, 0.29) is 5.91 Å². The molecule has 21 heavy (non-hydrogen) atoms. The third kappa shape index (κ3) is 2.69. The van der Waals surface area contributed by atoms with Crippen LogP contribution in [0.4, 0.5) is 5.69 Å². The van der Waals surface area contributed by atoms with Crippen LogP contribution in [-0.2, 0) is 0 Å². The Balaban J connectivity index is 1.93. The number of amides is 1. The number of hydrogen-bond donors (Lipinski definition) is 1. The number of hydrogen-bond acceptors (Lipinski definition) is 3. The van der Waals surface area contributed by atoms with Gasteiger partial charge in [-0.2, -0.15) is 0 Å². The minimum atomic E-state index is 0.0866. The highest BCUT2D eigenvalue weighted by Crippen LogP contribution is 2.36. The molecule has 1 amide bonds. The molecule has 1 aliphatic heterocycles. The van der Waals surface area contributed by atoms with Crippen LogP contribution in [0.5, 0.6) is 0 Å². The summed E-state index contributed by atoms with van der Waals surface area (Å²) in [5.74, 6) is 1.32. The van der Waals surface area contributed by atoms with Gasteiger partial charge in [0.2, 0.25) is 0 Å². The monoisotopic (exact) mass is 366 g/mol. The number of fused-ring (bicyclic) bond motifs is 1. The number of anilines is 1. The van der Waals surface area contributed by atoms with Crippen molar-refractivity contribution >= 4 is 48.9 Å². The van der Waals surface area contributed by atoms with E-state index in [1.165, 1.54) is 11.3 Å². The number of nitrogen functional groups attached to an aromatic ring is 1. The largest absolute Gasteiger partial charge is 0.397 e. The molecule has 1 aromatic carbocycles. The van der Waals surface area contributed by atoms with Crippen LogP contribution in [0, 0.1) is 11.8 Å². The zero-order chi connectivity index (χ0) is 15.1. The van der Waals surface area contributed by atoms with Crippen molar-refractivity contribution in [3.8, 4) is 0 Å². The Labute approximate surface area is 137 Å². The summed E-state index contributed by atoms with van der Waals surface area (Å²) < 4.78 is 2.07. The average molecular weight is 367 g/mol. The Hall–Kier alpha value is -1.07. The van der Waals surface area contributed by atoms with Crippen molar-refractivity contribution in [2.45, 2.75) is 20.3 Å². The predicted molar refractivity (Wildman–Crippen MR) is 92.8 cm³/mol. The third-order valence-corrected chi connectivity index (χ3v) is 6.16. The second kappa shape index (κ2) is 5.61. The molecule has 2 N–H and O–H groups in total. The van der Waals surface area contributed by atoms with E-state index < -0.39 is 0 Å². The fourth-order valence-corrected chi connectivity index (χ4v) is 4.48. The summed E-state index contributed by atoms with van der Waals surface area (Å²) in [6.07, 6.45) is 1.07. The maximum atomic E-state index is 12.8. The van der Waals surface area contributed by atoms with Gasteiger partial charge in [-0.05, 0) is 30.4 Å². The molecule has 0 radical (unpaired) electrons. The standard InChI is InChI=1S/C16H19BrN2OS/c1-9-5-6-19(8-10(9)2)16(20)15-14(18)12-4-3-11(17)7-13(12)21-15/h3-4,7,9-10H,5-6,8,18H2,1-2H3. The van der Waals surface area contributed by atoms with Gasteiger partial charge < -0.3 is 10.6 Å². The number of rotatable bonds is 1. The number of likely N-dealkylation sites (tertiary alicyclic amines) is 1. The van der Waals surface area contributed by atoms with E-state index >= 15 is 0 Å². The maximum Gasteiger partial charge on any atom is 0.266 e. The SMILES string of the molecule is CC1CCN(C(=O)c2sc3cc(Br)ccc3c2N)CC1C. The molecule has 0 aliphatic carbocycles. The molecule has 2 unspecified atom stereocenters. The molecule has 0 spiro atoms. The fourth-order valence-electron chi connectivity index (χ4n) is 2.84. The number of carbonyl (C=O) groups is 1. The van der Waals surface area contributed by atoms with Crippen LogP contribution in [0.2, 0.25) is 0 Å². The third-order valence-electron chi connectivity index (χ3n) is 4.51. The van der Waals surface area contributed by atoms with Crippen LogP contribution in [-0.4, -0.2) is 23.9 Å². The van der Waals surface area contributed by atoms with E-state index in [2.05, 4.69) is 29.8 Å². The number of nitrogens with zero attached hydrogens (tertiary/aromatic N) is 1. The Kier molecular flexibility index (Phi) is 3.97. The number of thiophene rings is 1. The highest BCUT2D eigenvalue weighted by molar-refractivity contribution is 9.10. The van der Waals surface area contributed by atoms with Crippen molar-refractivity contribution in [3.05, 3.63) is 27.5 Å². The molecule has 1 saturated heterocycles. The van der Waals surface area contributed by atoms with Gasteiger partial charge in [0, 0.05) is 27.6 Å². The van der Waals surface area contributed by atoms with Crippen LogP contribution in [0.15, 0.2) is 22.7 Å². The molecule has 112 valence electrons. The second-order valence-corrected chi connectivity index (χ2v) is 7.95. The maximum absolute atomic E-state index is 12.8. The van der Waals surface area contributed by atoms with Gasteiger partial charge in [0.15, 0.2) is 0 Å². The summed E-state index contributed by atoms with van der Waals surface area (Å²) in [5, 5.41) is 0.977. The zero-order valence-electron chi connectivity index (χ0n) is 12.2. The van der Waals surface area contributed by atoms with E-state index in [4.69, 9.17) is 5.73 Å². The van der Waals surface area contributed by atoms with Crippen molar-refractivity contribution < 1.29 is 4.79 Å². The molecule has 2 heterocycles. The minimum absolute atomic E-state index is 0.0866. The van der Waals surface area contributed by atoms with Crippen molar-refractivity contribution in [2.24, 2.45) is 11.8 Å². The van der Waals surface area contributed by atoms with Gasteiger partial charge in [-0.25, -0.2) is 0 Å². The molecule has 1 aliphatic rings. The van der Waals surface area contributed by atoms with Crippen molar-refractivity contribution in [3.63, 3.8) is 0 Å². The van der Waals surface area contributed by atoms with E-state index in [1.54, 1.807) is 0 Å². The molecule has 0 bridgehead atoms. The van der Waals surface area contributed by atoms with Crippen LogP contribution in [0.3, 0.4) is 0 Å². The first kappa shape index (κ1) is 14.9. The average Bonchev–Trinajstić information content (AvgIpc) is 2.77.